The Kier molecular flexibility index (Phi) is 3.58. The van der Waals surface area contributed by atoms with Crippen molar-refractivity contribution in [1.29, 1.82) is 0 Å². The lowest BCUT2D eigenvalue weighted by molar-refractivity contribution is 0.909. The molecule has 1 aromatic heterocycles. The Hall–Kier alpha value is -1.32. The van der Waals surface area contributed by atoms with Gasteiger partial charge in [0.25, 0.3) is 0 Å². The normalized spacial score (nSPS) is 12.5. The molecule has 1 N–H and O–H groups in total. The number of anilines is 1. The first-order chi connectivity index (χ1) is 9.22. The van der Waals surface area contributed by atoms with Crippen LogP contribution in [0.4, 0.5) is 5.69 Å². The van der Waals surface area contributed by atoms with Gasteiger partial charge in [-0.05, 0) is 53.4 Å². The van der Waals surface area contributed by atoms with Crippen LogP contribution in [0.1, 0.15) is 17.8 Å². The average molecular weight is 332 g/mol. The summed E-state index contributed by atoms with van der Waals surface area (Å²) in [6.45, 7) is 2.19. The second-order valence-electron chi connectivity index (χ2n) is 4.59. The standard InChI is InChI=1S/C16H14BrNS/c1-11(16-3-2-8-19-16)18-15-7-5-12-9-14(17)6-4-13(12)10-15/h2-11,18H,1H3. The Morgan fingerprint density at radius 2 is 1.84 bits per heavy atom. The van der Waals surface area contributed by atoms with Crippen LogP contribution in [0.25, 0.3) is 10.8 Å². The first-order valence-electron chi connectivity index (χ1n) is 6.21. The van der Waals surface area contributed by atoms with Crippen LogP contribution in [-0.4, -0.2) is 0 Å². The SMILES string of the molecule is CC(Nc1ccc2cc(Br)ccc2c1)c1cccs1. The zero-order valence-corrected chi connectivity index (χ0v) is 13.0. The van der Waals surface area contributed by atoms with E-state index in [-0.39, 0.29) is 0 Å². The minimum absolute atomic E-state index is 0.341. The third-order valence-electron chi connectivity index (χ3n) is 3.16. The molecule has 3 rings (SSSR count). The van der Waals surface area contributed by atoms with Gasteiger partial charge in [0.2, 0.25) is 0 Å². The summed E-state index contributed by atoms with van der Waals surface area (Å²) < 4.78 is 1.12. The van der Waals surface area contributed by atoms with E-state index in [1.807, 2.05) is 0 Å². The second-order valence-corrected chi connectivity index (χ2v) is 6.48. The Labute approximate surface area is 125 Å². The van der Waals surface area contributed by atoms with Crippen molar-refractivity contribution in [2.45, 2.75) is 13.0 Å². The van der Waals surface area contributed by atoms with Crippen molar-refractivity contribution in [3.8, 4) is 0 Å². The monoisotopic (exact) mass is 331 g/mol. The van der Waals surface area contributed by atoms with Crippen LogP contribution in [0.15, 0.2) is 58.4 Å². The van der Waals surface area contributed by atoms with Gasteiger partial charge in [-0.2, -0.15) is 0 Å². The minimum atomic E-state index is 0.341. The molecule has 3 aromatic rings. The van der Waals surface area contributed by atoms with Crippen LogP contribution in [0.3, 0.4) is 0 Å². The molecule has 1 atom stereocenters. The van der Waals surface area contributed by atoms with E-state index in [1.165, 1.54) is 15.6 Å². The lowest BCUT2D eigenvalue weighted by Crippen LogP contribution is -2.04. The number of nitrogens with one attached hydrogen (secondary N) is 1. The highest BCUT2D eigenvalue weighted by molar-refractivity contribution is 9.10. The molecule has 19 heavy (non-hydrogen) atoms. The molecule has 0 radical (unpaired) electrons. The highest BCUT2D eigenvalue weighted by Gasteiger charge is 2.06. The number of hydrogen-bond acceptors (Lipinski definition) is 2. The number of hydrogen-bond donors (Lipinski definition) is 1. The third kappa shape index (κ3) is 2.82. The zero-order valence-electron chi connectivity index (χ0n) is 10.6. The molecule has 0 spiro atoms. The van der Waals surface area contributed by atoms with Crippen LogP contribution < -0.4 is 5.32 Å². The Morgan fingerprint density at radius 1 is 1.05 bits per heavy atom. The molecule has 0 saturated carbocycles. The van der Waals surface area contributed by atoms with Crippen LogP contribution in [0.5, 0.6) is 0 Å². The molecule has 1 heterocycles. The molecule has 0 bridgehead atoms. The van der Waals surface area contributed by atoms with Crippen molar-refractivity contribution in [2.24, 2.45) is 0 Å². The quantitative estimate of drug-likeness (QED) is 0.635. The fourth-order valence-electron chi connectivity index (χ4n) is 2.17. The summed E-state index contributed by atoms with van der Waals surface area (Å²) in [4.78, 5) is 1.36. The second kappa shape index (κ2) is 5.35. The van der Waals surface area contributed by atoms with E-state index in [4.69, 9.17) is 0 Å². The summed E-state index contributed by atoms with van der Waals surface area (Å²) >= 11 is 5.29. The largest absolute Gasteiger partial charge is 0.378 e. The van der Waals surface area contributed by atoms with Gasteiger partial charge in [0.1, 0.15) is 0 Å². The highest BCUT2D eigenvalue weighted by Crippen LogP contribution is 2.26. The maximum Gasteiger partial charge on any atom is 0.0578 e. The predicted octanol–water partition coefficient (Wildman–Crippen LogP) is 5.84. The van der Waals surface area contributed by atoms with Gasteiger partial charge >= 0.3 is 0 Å². The molecule has 0 aliphatic rings. The van der Waals surface area contributed by atoms with Crippen LogP contribution >= 0.6 is 27.3 Å². The first-order valence-corrected chi connectivity index (χ1v) is 7.89. The maximum atomic E-state index is 3.55. The molecule has 0 aliphatic heterocycles. The number of halogens is 1. The summed E-state index contributed by atoms with van der Waals surface area (Å²) in [5, 5.41) is 8.18. The summed E-state index contributed by atoms with van der Waals surface area (Å²) in [6, 6.07) is 17.5. The van der Waals surface area contributed by atoms with E-state index in [1.54, 1.807) is 11.3 Å². The van der Waals surface area contributed by atoms with Gasteiger partial charge in [0.05, 0.1) is 6.04 Å². The molecule has 0 saturated heterocycles. The van der Waals surface area contributed by atoms with E-state index in [2.05, 4.69) is 82.1 Å². The molecular weight excluding hydrogens is 318 g/mol. The van der Waals surface area contributed by atoms with Crippen molar-refractivity contribution in [2.75, 3.05) is 5.32 Å². The maximum absolute atomic E-state index is 3.55. The van der Waals surface area contributed by atoms with Crippen molar-refractivity contribution in [3.63, 3.8) is 0 Å². The molecule has 3 heteroatoms. The number of thiophene rings is 1. The molecule has 96 valence electrons. The van der Waals surface area contributed by atoms with Crippen molar-refractivity contribution < 1.29 is 0 Å². The van der Waals surface area contributed by atoms with Gasteiger partial charge in [-0.15, -0.1) is 11.3 Å². The van der Waals surface area contributed by atoms with Crippen molar-refractivity contribution in [1.82, 2.24) is 0 Å². The Balaban J connectivity index is 1.87. The predicted molar refractivity (Wildman–Crippen MR) is 88.0 cm³/mol. The van der Waals surface area contributed by atoms with E-state index in [0.717, 1.165) is 10.2 Å². The van der Waals surface area contributed by atoms with Crippen molar-refractivity contribution in [3.05, 3.63) is 63.3 Å². The van der Waals surface area contributed by atoms with E-state index in [0.29, 0.717) is 6.04 Å². The van der Waals surface area contributed by atoms with Gasteiger partial charge in [0, 0.05) is 15.0 Å². The van der Waals surface area contributed by atoms with Crippen LogP contribution in [0, 0.1) is 0 Å². The summed E-state index contributed by atoms with van der Waals surface area (Å²) in [5.74, 6) is 0. The fourth-order valence-corrected chi connectivity index (χ4v) is 3.28. The molecule has 0 amide bonds. The smallest absolute Gasteiger partial charge is 0.0578 e. The van der Waals surface area contributed by atoms with E-state index in [9.17, 15) is 0 Å². The Bertz CT molecular complexity index is 691. The Morgan fingerprint density at radius 3 is 2.63 bits per heavy atom. The summed E-state index contributed by atoms with van der Waals surface area (Å²) in [7, 11) is 0. The minimum Gasteiger partial charge on any atom is -0.378 e. The third-order valence-corrected chi connectivity index (χ3v) is 4.70. The number of fused-ring (bicyclic) bond motifs is 1. The van der Waals surface area contributed by atoms with Gasteiger partial charge in [0.15, 0.2) is 0 Å². The summed E-state index contributed by atoms with van der Waals surface area (Å²) in [6.07, 6.45) is 0. The molecule has 0 fully saturated rings. The highest BCUT2D eigenvalue weighted by atomic mass is 79.9. The number of rotatable bonds is 3. The lowest BCUT2D eigenvalue weighted by Gasteiger charge is -2.14. The van der Waals surface area contributed by atoms with Crippen LogP contribution in [0.2, 0.25) is 0 Å². The average Bonchev–Trinajstić information content (AvgIpc) is 2.93. The van der Waals surface area contributed by atoms with E-state index >= 15 is 0 Å². The fraction of sp³-hybridized carbons (Fsp3) is 0.125. The molecule has 1 nitrogen and oxygen atoms in total. The van der Waals surface area contributed by atoms with Gasteiger partial charge < -0.3 is 5.32 Å². The number of benzene rings is 2. The van der Waals surface area contributed by atoms with Crippen LogP contribution in [-0.2, 0) is 0 Å². The van der Waals surface area contributed by atoms with Gasteiger partial charge in [-0.3, -0.25) is 0 Å². The van der Waals surface area contributed by atoms with Gasteiger partial charge in [-0.1, -0.05) is 34.1 Å². The first kappa shape index (κ1) is 12.7. The molecule has 0 aliphatic carbocycles. The topological polar surface area (TPSA) is 12.0 Å². The lowest BCUT2D eigenvalue weighted by atomic mass is 10.1. The van der Waals surface area contributed by atoms with Gasteiger partial charge in [-0.25, -0.2) is 0 Å². The summed E-state index contributed by atoms with van der Waals surface area (Å²) in [5.41, 5.74) is 1.16. The molecular formula is C16H14BrNS. The zero-order chi connectivity index (χ0) is 13.2. The van der Waals surface area contributed by atoms with Crippen molar-refractivity contribution >= 4 is 43.7 Å². The molecule has 2 aromatic carbocycles. The molecule has 1 unspecified atom stereocenters. The van der Waals surface area contributed by atoms with E-state index < -0.39 is 0 Å².